The van der Waals surface area contributed by atoms with Crippen LogP contribution in [0, 0.1) is 0 Å². The van der Waals surface area contributed by atoms with Gasteiger partial charge in [-0.15, -0.1) is 11.8 Å². The molecule has 0 bridgehead atoms. The van der Waals surface area contributed by atoms with Crippen molar-refractivity contribution in [2.75, 3.05) is 6.54 Å². The minimum absolute atomic E-state index is 0.157. The van der Waals surface area contributed by atoms with Crippen LogP contribution in [0.4, 0.5) is 0 Å². The van der Waals surface area contributed by atoms with E-state index < -0.39 is 6.10 Å². The van der Waals surface area contributed by atoms with Crippen LogP contribution in [0.2, 0.25) is 0 Å². The van der Waals surface area contributed by atoms with Gasteiger partial charge in [0.15, 0.2) is 0 Å². The van der Waals surface area contributed by atoms with Gasteiger partial charge in [0.1, 0.15) is 0 Å². The van der Waals surface area contributed by atoms with E-state index in [9.17, 15) is 4.79 Å². The normalized spacial score (nSPS) is 11.9. The standard InChI is InChI=1S/C17H19NO2S/c1-13(19)11-18-17(20)15-7-9-16(10-8-15)21-12-14-5-3-2-4-6-14/h2-10,13,19H,11-12H2,1H3,(H,18,20). The Labute approximate surface area is 129 Å². The number of amides is 1. The third-order valence-corrected chi connectivity index (χ3v) is 4.01. The molecular formula is C17H19NO2S. The van der Waals surface area contributed by atoms with Gasteiger partial charge >= 0.3 is 0 Å². The molecule has 2 N–H and O–H groups in total. The van der Waals surface area contributed by atoms with E-state index in [1.807, 2.05) is 42.5 Å². The molecule has 4 heteroatoms. The van der Waals surface area contributed by atoms with Crippen molar-refractivity contribution < 1.29 is 9.90 Å². The lowest BCUT2D eigenvalue weighted by Gasteiger charge is -2.08. The minimum atomic E-state index is -0.533. The highest BCUT2D eigenvalue weighted by Gasteiger charge is 2.06. The molecule has 0 aromatic heterocycles. The lowest BCUT2D eigenvalue weighted by molar-refractivity contribution is 0.0924. The van der Waals surface area contributed by atoms with E-state index in [4.69, 9.17) is 5.11 Å². The quantitative estimate of drug-likeness (QED) is 0.806. The Hall–Kier alpha value is -1.78. The summed E-state index contributed by atoms with van der Waals surface area (Å²) in [5, 5.41) is 11.8. The zero-order valence-corrected chi connectivity index (χ0v) is 12.8. The fourth-order valence-electron chi connectivity index (χ4n) is 1.79. The average Bonchev–Trinajstić information content (AvgIpc) is 2.52. The van der Waals surface area contributed by atoms with E-state index in [-0.39, 0.29) is 12.5 Å². The van der Waals surface area contributed by atoms with Crippen molar-refractivity contribution in [3.63, 3.8) is 0 Å². The van der Waals surface area contributed by atoms with Crippen LogP contribution in [0.25, 0.3) is 0 Å². The van der Waals surface area contributed by atoms with Crippen LogP contribution in [0.5, 0.6) is 0 Å². The number of thioether (sulfide) groups is 1. The molecule has 1 atom stereocenters. The Balaban J connectivity index is 1.88. The van der Waals surface area contributed by atoms with Crippen LogP contribution in [-0.4, -0.2) is 23.7 Å². The first kappa shape index (κ1) is 15.6. The highest BCUT2D eigenvalue weighted by Crippen LogP contribution is 2.22. The van der Waals surface area contributed by atoms with Gasteiger partial charge in [-0.1, -0.05) is 30.3 Å². The fraction of sp³-hybridized carbons (Fsp3) is 0.235. The number of carbonyl (C=O) groups is 1. The number of aliphatic hydroxyl groups is 1. The van der Waals surface area contributed by atoms with Gasteiger partial charge in [0.05, 0.1) is 6.10 Å². The molecular weight excluding hydrogens is 282 g/mol. The molecule has 2 aromatic rings. The molecule has 1 amide bonds. The lowest BCUT2D eigenvalue weighted by Crippen LogP contribution is -2.30. The zero-order valence-electron chi connectivity index (χ0n) is 12.0. The number of benzene rings is 2. The SMILES string of the molecule is CC(O)CNC(=O)c1ccc(SCc2ccccc2)cc1. The first-order chi connectivity index (χ1) is 10.1. The van der Waals surface area contributed by atoms with Crippen LogP contribution in [-0.2, 0) is 5.75 Å². The first-order valence-electron chi connectivity index (χ1n) is 6.88. The van der Waals surface area contributed by atoms with E-state index in [2.05, 4.69) is 17.4 Å². The molecule has 0 saturated heterocycles. The number of hydrogen-bond donors (Lipinski definition) is 2. The second kappa shape index (κ2) is 7.86. The average molecular weight is 301 g/mol. The van der Waals surface area contributed by atoms with E-state index in [0.717, 1.165) is 10.6 Å². The Morgan fingerprint density at radius 3 is 2.43 bits per heavy atom. The molecule has 21 heavy (non-hydrogen) atoms. The summed E-state index contributed by atoms with van der Waals surface area (Å²) in [6.45, 7) is 1.91. The molecule has 0 spiro atoms. The third kappa shape index (κ3) is 5.25. The molecule has 0 fully saturated rings. The molecule has 0 heterocycles. The number of hydrogen-bond acceptors (Lipinski definition) is 3. The number of nitrogens with one attached hydrogen (secondary N) is 1. The molecule has 0 aliphatic heterocycles. The third-order valence-electron chi connectivity index (χ3n) is 2.92. The highest BCUT2D eigenvalue weighted by atomic mass is 32.2. The van der Waals surface area contributed by atoms with E-state index in [0.29, 0.717) is 5.56 Å². The Kier molecular flexibility index (Phi) is 5.84. The summed E-state index contributed by atoms with van der Waals surface area (Å²) in [4.78, 5) is 12.9. The molecule has 0 radical (unpaired) electrons. The lowest BCUT2D eigenvalue weighted by atomic mass is 10.2. The van der Waals surface area contributed by atoms with Gasteiger partial charge in [0.2, 0.25) is 0 Å². The summed E-state index contributed by atoms with van der Waals surface area (Å²) >= 11 is 1.74. The van der Waals surface area contributed by atoms with Crippen LogP contribution in [0.15, 0.2) is 59.5 Å². The zero-order chi connectivity index (χ0) is 15.1. The van der Waals surface area contributed by atoms with E-state index >= 15 is 0 Å². The number of rotatable bonds is 6. The molecule has 3 nitrogen and oxygen atoms in total. The molecule has 0 aliphatic carbocycles. The molecule has 2 aromatic carbocycles. The van der Waals surface area contributed by atoms with E-state index in [1.165, 1.54) is 5.56 Å². The maximum absolute atomic E-state index is 11.8. The van der Waals surface area contributed by atoms with Gasteiger partial charge in [-0.05, 0) is 36.8 Å². The Bertz CT molecular complexity index is 567. The smallest absolute Gasteiger partial charge is 0.251 e. The first-order valence-corrected chi connectivity index (χ1v) is 7.87. The second-order valence-corrected chi connectivity index (χ2v) is 5.91. The number of aliphatic hydroxyl groups excluding tert-OH is 1. The van der Waals surface area contributed by atoms with Crippen molar-refractivity contribution in [1.82, 2.24) is 5.32 Å². The predicted octanol–water partition coefficient (Wildman–Crippen LogP) is 3.09. The Morgan fingerprint density at radius 1 is 1.14 bits per heavy atom. The number of carbonyl (C=O) groups excluding carboxylic acids is 1. The van der Waals surface area contributed by atoms with Gasteiger partial charge in [0.25, 0.3) is 5.91 Å². The molecule has 0 saturated carbocycles. The topological polar surface area (TPSA) is 49.3 Å². The maximum atomic E-state index is 11.8. The van der Waals surface area contributed by atoms with Crippen molar-refractivity contribution in [3.05, 3.63) is 65.7 Å². The minimum Gasteiger partial charge on any atom is -0.392 e. The summed E-state index contributed by atoms with van der Waals surface area (Å²) in [5.41, 5.74) is 1.89. The van der Waals surface area contributed by atoms with Crippen LogP contribution >= 0.6 is 11.8 Å². The summed E-state index contributed by atoms with van der Waals surface area (Å²) in [7, 11) is 0. The second-order valence-electron chi connectivity index (χ2n) is 4.86. The van der Waals surface area contributed by atoms with Gasteiger partial charge in [-0.2, -0.15) is 0 Å². The van der Waals surface area contributed by atoms with Crippen molar-refractivity contribution in [1.29, 1.82) is 0 Å². The van der Waals surface area contributed by atoms with Crippen molar-refractivity contribution in [2.24, 2.45) is 0 Å². The van der Waals surface area contributed by atoms with Gasteiger partial charge in [-0.25, -0.2) is 0 Å². The van der Waals surface area contributed by atoms with Gasteiger partial charge in [0, 0.05) is 22.8 Å². The summed E-state index contributed by atoms with van der Waals surface area (Å²) in [5.74, 6) is 0.754. The van der Waals surface area contributed by atoms with Crippen molar-refractivity contribution in [2.45, 2.75) is 23.7 Å². The van der Waals surface area contributed by atoms with Crippen molar-refractivity contribution in [3.8, 4) is 0 Å². The molecule has 110 valence electrons. The van der Waals surface area contributed by atoms with Gasteiger partial charge < -0.3 is 10.4 Å². The van der Waals surface area contributed by atoms with Crippen LogP contribution < -0.4 is 5.32 Å². The van der Waals surface area contributed by atoms with Gasteiger partial charge in [-0.3, -0.25) is 4.79 Å². The molecule has 0 aliphatic rings. The maximum Gasteiger partial charge on any atom is 0.251 e. The van der Waals surface area contributed by atoms with E-state index in [1.54, 1.807) is 18.7 Å². The fourth-order valence-corrected chi connectivity index (χ4v) is 2.64. The molecule has 2 rings (SSSR count). The van der Waals surface area contributed by atoms with Crippen molar-refractivity contribution >= 4 is 17.7 Å². The Morgan fingerprint density at radius 2 is 1.81 bits per heavy atom. The summed E-state index contributed by atoms with van der Waals surface area (Å²) in [6, 6.07) is 17.8. The predicted molar refractivity (Wildman–Crippen MR) is 86.5 cm³/mol. The highest BCUT2D eigenvalue weighted by molar-refractivity contribution is 7.98. The molecule has 1 unspecified atom stereocenters. The monoisotopic (exact) mass is 301 g/mol. The summed E-state index contributed by atoms with van der Waals surface area (Å²) < 4.78 is 0. The van der Waals surface area contributed by atoms with Crippen LogP contribution in [0.1, 0.15) is 22.8 Å². The largest absolute Gasteiger partial charge is 0.392 e. The van der Waals surface area contributed by atoms with Crippen LogP contribution in [0.3, 0.4) is 0 Å². The summed E-state index contributed by atoms with van der Waals surface area (Å²) in [6.07, 6.45) is -0.533.